The molecule has 0 aromatic carbocycles. The normalized spacial score (nSPS) is 23.0. The van der Waals surface area contributed by atoms with E-state index in [0.717, 1.165) is 32.7 Å². The fraction of sp³-hybridized carbons (Fsp3) is 0.750. The van der Waals surface area contributed by atoms with Gasteiger partial charge in [-0.25, -0.2) is 0 Å². The van der Waals surface area contributed by atoms with Crippen molar-refractivity contribution in [2.24, 2.45) is 0 Å². The van der Waals surface area contributed by atoms with Crippen LogP contribution in [0.3, 0.4) is 0 Å². The summed E-state index contributed by atoms with van der Waals surface area (Å²) in [5.41, 5.74) is 5.82. The van der Waals surface area contributed by atoms with Gasteiger partial charge in [-0.1, -0.05) is 0 Å². The molecule has 2 saturated heterocycles. The molecule has 0 radical (unpaired) electrons. The Labute approximate surface area is 112 Å². The van der Waals surface area contributed by atoms with Crippen LogP contribution in [0.4, 0.5) is 17.8 Å². The van der Waals surface area contributed by atoms with Crippen molar-refractivity contribution >= 4 is 17.8 Å². The molecule has 7 nitrogen and oxygen atoms in total. The molecule has 1 atom stereocenters. The molecule has 2 fully saturated rings. The first-order chi connectivity index (χ1) is 9.24. The summed E-state index contributed by atoms with van der Waals surface area (Å²) in [6.45, 7) is 3.52. The Morgan fingerprint density at radius 2 is 2.05 bits per heavy atom. The van der Waals surface area contributed by atoms with Crippen LogP contribution >= 0.6 is 0 Å². The minimum absolute atomic E-state index is 0.290. The standard InChI is InChI=1S/C12H20N6O/c1-17(9-4-7-19-8-9)11-14-10(13)15-12(16-11)18-5-2-3-6-18/h9H,2-8H2,1H3,(H2,13,14,15,16). The van der Waals surface area contributed by atoms with E-state index in [1.807, 2.05) is 11.9 Å². The topological polar surface area (TPSA) is 80.4 Å². The van der Waals surface area contributed by atoms with Gasteiger partial charge in [0.15, 0.2) is 0 Å². The van der Waals surface area contributed by atoms with Gasteiger partial charge < -0.3 is 20.3 Å². The van der Waals surface area contributed by atoms with Gasteiger partial charge in [0.05, 0.1) is 12.6 Å². The van der Waals surface area contributed by atoms with Crippen LogP contribution in [0, 0.1) is 0 Å². The SMILES string of the molecule is CN(c1nc(N)nc(N2CCCC2)n1)C1CCOC1. The lowest BCUT2D eigenvalue weighted by Gasteiger charge is -2.24. The molecule has 0 aliphatic carbocycles. The molecule has 2 N–H and O–H groups in total. The van der Waals surface area contributed by atoms with E-state index in [0.29, 0.717) is 17.9 Å². The van der Waals surface area contributed by atoms with Gasteiger partial charge in [-0.3, -0.25) is 0 Å². The Morgan fingerprint density at radius 1 is 1.26 bits per heavy atom. The second-order valence-electron chi connectivity index (χ2n) is 5.12. The molecule has 104 valence electrons. The lowest BCUT2D eigenvalue weighted by atomic mass is 10.2. The molecular formula is C12H20N6O. The first-order valence-electron chi connectivity index (χ1n) is 6.81. The van der Waals surface area contributed by atoms with Crippen molar-refractivity contribution in [3.8, 4) is 0 Å². The van der Waals surface area contributed by atoms with E-state index in [-0.39, 0.29) is 5.95 Å². The fourth-order valence-corrected chi connectivity index (χ4v) is 2.58. The van der Waals surface area contributed by atoms with Crippen LogP contribution < -0.4 is 15.5 Å². The lowest BCUT2D eigenvalue weighted by Crippen LogP contribution is -2.34. The minimum atomic E-state index is 0.290. The van der Waals surface area contributed by atoms with Crippen molar-refractivity contribution in [2.45, 2.75) is 25.3 Å². The number of likely N-dealkylation sites (N-methyl/N-ethyl adjacent to an activating group) is 1. The number of hydrogen-bond donors (Lipinski definition) is 1. The molecular weight excluding hydrogens is 244 g/mol. The maximum atomic E-state index is 5.82. The third kappa shape index (κ3) is 2.56. The number of nitrogens with zero attached hydrogens (tertiary/aromatic N) is 5. The van der Waals surface area contributed by atoms with Crippen LogP contribution in [0.1, 0.15) is 19.3 Å². The van der Waals surface area contributed by atoms with Gasteiger partial charge in [-0.05, 0) is 19.3 Å². The summed E-state index contributed by atoms with van der Waals surface area (Å²) < 4.78 is 5.41. The maximum Gasteiger partial charge on any atom is 0.232 e. The number of aromatic nitrogens is 3. The van der Waals surface area contributed by atoms with Crippen molar-refractivity contribution in [1.29, 1.82) is 0 Å². The highest BCUT2D eigenvalue weighted by Gasteiger charge is 2.24. The molecule has 0 amide bonds. The van der Waals surface area contributed by atoms with Crippen LogP contribution in [0.15, 0.2) is 0 Å². The predicted octanol–water partition coefficient (Wildman–Crippen LogP) is 0.279. The molecule has 3 heterocycles. The quantitative estimate of drug-likeness (QED) is 0.839. The van der Waals surface area contributed by atoms with Gasteiger partial charge in [0.1, 0.15) is 0 Å². The van der Waals surface area contributed by atoms with E-state index in [9.17, 15) is 0 Å². The van der Waals surface area contributed by atoms with E-state index in [4.69, 9.17) is 10.5 Å². The molecule has 0 saturated carbocycles. The number of rotatable bonds is 3. The highest BCUT2D eigenvalue weighted by molar-refractivity contribution is 5.44. The number of ether oxygens (including phenoxy) is 1. The lowest BCUT2D eigenvalue weighted by molar-refractivity contribution is 0.193. The van der Waals surface area contributed by atoms with Crippen LogP contribution in [0.25, 0.3) is 0 Å². The summed E-state index contributed by atoms with van der Waals surface area (Å²) in [6.07, 6.45) is 3.38. The Bertz CT molecular complexity index is 442. The number of hydrogen-bond acceptors (Lipinski definition) is 7. The van der Waals surface area contributed by atoms with Gasteiger partial charge in [-0.15, -0.1) is 0 Å². The fourth-order valence-electron chi connectivity index (χ4n) is 2.58. The summed E-state index contributed by atoms with van der Waals surface area (Å²) in [7, 11) is 1.99. The second-order valence-corrected chi connectivity index (χ2v) is 5.12. The zero-order chi connectivity index (χ0) is 13.2. The van der Waals surface area contributed by atoms with E-state index < -0.39 is 0 Å². The number of anilines is 3. The van der Waals surface area contributed by atoms with Crippen molar-refractivity contribution in [3.05, 3.63) is 0 Å². The van der Waals surface area contributed by atoms with Crippen LogP contribution in [0.5, 0.6) is 0 Å². The summed E-state index contributed by atoms with van der Waals surface area (Å²) in [6, 6.07) is 0.327. The van der Waals surface area contributed by atoms with Crippen LogP contribution in [0.2, 0.25) is 0 Å². The van der Waals surface area contributed by atoms with Gasteiger partial charge >= 0.3 is 0 Å². The van der Waals surface area contributed by atoms with E-state index in [1.165, 1.54) is 12.8 Å². The molecule has 0 spiro atoms. The molecule has 1 unspecified atom stereocenters. The minimum Gasteiger partial charge on any atom is -0.379 e. The Kier molecular flexibility index (Phi) is 3.37. The van der Waals surface area contributed by atoms with E-state index >= 15 is 0 Å². The molecule has 2 aliphatic heterocycles. The number of nitrogen functional groups attached to an aromatic ring is 1. The average Bonchev–Trinajstić information content (AvgIpc) is 3.10. The zero-order valence-corrected chi connectivity index (χ0v) is 11.2. The largest absolute Gasteiger partial charge is 0.379 e. The van der Waals surface area contributed by atoms with Gasteiger partial charge in [0.2, 0.25) is 17.8 Å². The van der Waals surface area contributed by atoms with E-state index in [2.05, 4.69) is 19.9 Å². The Morgan fingerprint density at radius 3 is 2.74 bits per heavy atom. The second kappa shape index (κ2) is 5.16. The molecule has 7 heteroatoms. The van der Waals surface area contributed by atoms with Crippen LogP contribution in [-0.2, 0) is 4.74 Å². The third-order valence-electron chi connectivity index (χ3n) is 3.79. The molecule has 19 heavy (non-hydrogen) atoms. The average molecular weight is 264 g/mol. The van der Waals surface area contributed by atoms with E-state index in [1.54, 1.807) is 0 Å². The summed E-state index contributed by atoms with van der Waals surface area (Å²) in [5.74, 6) is 1.63. The zero-order valence-electron chi connectivity index (χ0n) is 11.2. The molecule has 1 aromatic rings. The van der Waals surface area contributed by atoms with Gasteiger partial charge in [-0.2, -0.15) is 15.0 Å². The first-order valence-corrected chi connectivity index (χ1v) is 6.81. The van der Waals surface area contributed by atoms with Gasteiger partial charge in [0, 0.05) is 26.7 Å². The smallest absolute Gasteiger partial charge is 0.232 e. The summed E-state index contributed by atoms with van der Waals surface area (Å²) in [5, 5.41) is 0. The van der Waals surface area contributed by atoms with Crippen molar-refractivity contribution in [3.63, 3.8) is 0 Å². The molecule has 2 aliphatic rings. The third-order valence-corrected chi connectivity index (χ3v) is 3.79. The number of nitrogens with two attached hydrogens (primary N) is 1. The predicted molar refractivity (Wildman–Crippen MR) is 73.3 cm³/mol. The summed E-state index contributed by atoms with van der Waals surface area (Å²) in [4.78, 5) is 17.3. The summed E-state index contributed by atoms with van der Waals surface area (Å²) >= 11 is 0. The highest BCUT2D eigenvalue weighted by Crippen LogP contribution is 2.21. The molecule has 1 aromatic heterocycles. The maximum absolute atomic E-state index is 5.82. The molecule has 0 bridgehead atoms. The highest BCUT2D eigenvalue weighted by atomic mass is 16.5. The van der Waals surface area contributed by atoms with Gasteiger partial charge in [0.25, 0.3) is 0 Å². The van der Waals surface area contributed by atoms with Crippen molar-refractivity contribution in [2.75, 3.05) is 48.9 Å². The Balaban J connectivity index is 1.83. The molecule has 3 rings (SSSR count). The monoisotopic (exact) mass is 264 g/mol. The van der Waals surface area contributed by atoms with Crippen molar-refractivity contribution < 1.29 is 4.74 Å². The Hall–Kier alpha value is -1.63. The van der Waals surface area contributed by atoms with Crippen LogP contribution in [-0.4, -0.2) is 54.3 Å². The first kappa shape index (κ1) is 12.4. The van der Waals surface area contributed by atoms with Crippen molar-refractivity contribution in [1.82, 2.24) is 15.0 Å².